The van der Waals surface area contributed by atoms with Gasteiger partial charge in [0.15, 0.2) is 0 Å². The Bertz CT molecular complexity index is 246. The van der Waals surface area contributed by atoms with Crippen LogP contribution in [0.3, 0.4) is 0 Å². The fourth-order valence-corrected chi connectivity index (χ4v) is 2.93. The Morgan fingerprint density at radius 3 is 2.65 bits per heavy atom. The minimum absolute atomic E-state index is 0.231. The molecule has 1 amide bonds. The van der Waals surface area contributed by atoms with E-state index in [1.165, 1.54) is 25.7 Å². The molecule has 2 rings (SSSR count). The van der Waals surface area contributed by atoms with E-state index in [1.54, 1.807) is 0 Å². The second-order valence-electron chi connectivity index (χ2n) is 5.15. The zero-order valence-corrected chi connectivity index (χ0v) is 10.8. The maximum atomic E-state index is 12.1. The molecule has 1 N–H and O–H groups in total. The van der Waals surface area contributed by atoms with Crippen molar-refractivity contribution in [2.45, 2.75) is 50.7 Å². The predicted octanol–water partition coefficient (Wildman–Crippen LogP) is 1.16. The average molecular weight is 240 g/mol. The van der Waals surface area contributed by atoms with E-state index in [0.717, 1.165) is 26.0 Å². The van der Waals surface area contributed by atoms with Gasteiger partial charge in [0.05, 0.1) is 12.6 Å². The van der Waals surface area contributed by atoms with Crippen molar-refractivity contribution in [3.8, 4) is 0 Å². The van der Waals surface area contributed by atoms with Gasteiger partial charge >= 0.3 is 0 Å². The molecule has 4 heteroatoms. The molecule has 4 nitrogen and oxygen atoms in total. The van der Waals surface area contributed by atoms with Crippen molar-refractivity contribution < 1.29 is 9.53 Å². The first-order valence-electron chi connectivity index (χ1n) is 6.87. The van der Waals surface area contributed by atoms with Crippen LogP contribution in [0.5, 0.6) is 0 Å². The Kier molecular flexibility index (Phi) is 4.80. The Morgan fingerprint density at radius 1 is 1.29 bits per heavy atom. The smallest absolute Gasteiger partial charge is 0.236 e. The number of carbonyl (C=O) groups is 1. The summed E-state index contributed by atoms with van der Waals surface area (Å²) in [4.78, 5) is 14.2. The topological polar surface area (TPSA) is 41.6 Å². The first kappa shape index (κ1) is 12.8. The van der Waals surface area contributed by atoms with Gasteiger partial charge in [-0.05, 0) is 32.7 Å². The summed E-state index contributed by atoms with van der Waals surface area (Å²) >= 11 is 0. The third-order valence-electron chi connectivity index (χ3n) is 3.84. The number of nitrogens with one attached hydrogen (secondary N) is 1. The summed E-state index contributed by atoms with van der Waals surface area (Å²) in [6.45, 7) is 2.11. The predicted molar refractivity (Wildman–Crippen MR) is 66.9 cm³/mol. The van der Waals surface area contributed by atoms with Gasteiger partial charge < -0.3 is 15.0 Å². The Hall–Kier alpha value is -0.610. The number of carbonyl (C=O) groups excluding carboxylic acids is 1. The summed E-state index contributed by atoms with van der Waals surface area (Å²) in [5.74, 6) is 0.231. The maximum Gasteiger partial charge on any atom is 0.236 e. The highest BCUT2D eigenvalue weighted by molar-refractivity contribution is 5.78. The van der Waals surface area contributed by atoms with Crippen LogP contribution >= 0.6 is 0 Å². The van der Waals surface area contributed by atoms with Crippen molar-refractivity contribution in [1.82, 2.24) is 10.2 Å². The van der Waals surface area contributed by atoms with Crippen LogP contribution in [0, 0.1) is 0 Å². The molecule has 1 unspecified atom stereocenters. The number of nitrogens with zero attached hydrogens (tertiary/aromatic N) is 1. The molecule has 1 aliphatic carbocycles. The summed E-state index contributed by atoms with van der Waals surface area (Å²) < 4.78 is 5.66. The third kappa shape index (κ3) is 3.42. The number of ether oxygens (including phenoxy) is 1. The third-order valence-corrected chi connectivity index (χ3v) is 3.84. The largest absolute Gasteiger partial charge is 0.376 e. The fourth-order valence-electron chi connectivity index (χ4n) is 2.93. The minimum atomic E-state index is 0.231. The molecule has 0 bridgehead atoms. The molecule has 0 aromatic rings. The van der Waals surface area contributed by atoms with Crippen LogP contribution in [-0.2, 0) is 9.53 Å². The molecule has 0 aromatic heterocycles. The lowest BCUT2D eigenvalue weighted by Gasteiger charge is -2.31. The molecule has 1 aliphatic heterocycles. The number of hydrogen-bond acceptors (Lipinski definition) is 3. The molecule has 2 aliphatic rings. The van der Waals surface area contributed by atoms with E-state index in [9.17, 15) is 4.79 Å². The van der Waals surface area contributed by atoms with Crippen LogP contribution in [-0.4, -0.2) is 49.7 Å². The zero-order valence-electron chi connectivity index (χ0n) is 10.8. The summed E-state index contributed by atoms with van der Waals surface area (Å²) in [5, 5.41) is 2.96. The highest BCUT2D eigenvalue weighted by atomic mass is 16.5. The van der Waals surface area contributed by atoms with Gasteiger partial charge in [-0.1, -0.05) is 12.8 Å². The summed E-state index contributed by atoms with van der Waals surface area (Å²) in [6.07, 6.45) is 7.39. The van der Waals surface area contributed by atoms with Gasteiger partial charge in [0.1, 0.15) is 0 Å². The first-order valence-corrected chi connectivity index (χ1v) is 6.87. The molecule has 1 atom stereocenters. The van der Waals surface area contributed by atoms with Gasteiger partial charge in [0, 0.05) is 19.2 Å². The summed E-state index contributed by atoms with van der Waals surface area (Å²) in [6, 6.07) is 0.458. The standard InChI is InChI=1S/C13H24N2O2/c1-14-9-13(16)15(11-5-2-3-6-11)10-12-7-4-8-17-12/h11-12,14H,2-10H2,1H3. The van der Waals surface area contributed by atoms with Crippen LogP contribution < -0.4 is 5.32 Å². The van der Waals surface area contributed by atoms with Crippen molar-refractivity contribution in [2.24, 2.45) is 0 Å². The van der Waals surface area contributed by atoms with Crippen LogP contribution in [0.15, 0.2) is 0 Å². The molecule has 1 saturated carbocycles. The SMILES string of the molecule is CNCC(=O)N(CC1CCCO1)C1CCCC1. The monoisotopic (exact) mass is 240 g/mol. The second kappa shape index (κ2) is 6.36. The molecule has 1 saturated heterocycles. The van der Waals surface area contributed by atoms with Gasteiger partial charge in [-0.3, -0.25) is 4.79 Å². The van der Waals surface area contributed by atoms with Gasteiger partial charge in [-0.15, -0.1) is 0 Å². The molecular weight excluding hydrogens is 216 g/mol. The first-order chi connectivity index (χ1) is 8.31. The molecule has 17 heavy (non-hydrogen) atoms. The highest BCUT2D eigenvalue weighted by Gasteiger charge is 2.29. The van der Waals surface area contributed by atoms with E-state index in [2.05, 4.69) is 10.2 Å². The Balaban J connectivity index is 1.92. The lowest BCUT2D eigenvalue weighted by molar-refractivity contribution is -0.134. The van der Waals surface area contributed by atoms with E-state index >= 15 is 0 Å². The van der Waals surface area contributed by atoms with E-state index in [4.69, 9.17) is 4.74 Å². The van der Waals surface area contributed by atoms with Crippen molar-refractivity contribution in [3.05, 3.63) is 0 Å². The zero-order chi connectivity index (χ0) is 12.1. The number of hydrogen-bond donors (Lipinski definition) is 1. The molecule has 0 aromatic carbocycles. The van der Waals surface area contributed by atoms with E-state index in [0.29, 0.717) is 12.6 Å². The Labute approximate surface area is 104 Å². The minimum Gasteiger partial charge on any atom is -0.376 e. The van der Waals surface area contributed by atoms with Gasteiger partial charge in [0.2, 0.25) is 5.91 Å². The second-order valence-corrected chi connectivity index (χ2v) is 5.15. The van der Waals surface area contributed by atoms with Gasteiger partial charge in [-0.25, -0.2) is 0 Å². The van der Waals surface area contributed by atoms with Gasteiger partial charge in [-0.2, -0.15) is 0 Å². The normalized spacial score (nSPS) is 25.4. The lowest BCUT2D eigenvalue weighted by atomic mass is 10.1. The average Bonchev–Trinajstić information content (AvgIpc) is 2.99. The number of rotatable bonds is 5. The van der Waals surface area contributed by atoms with Crippen LogP contribution in [0.1, 0.15) is 38.5 Å². The molecule has 0 spiro atoms. The fraction of sp³-hybridized carbons (Fsp3) is 0.923. The van der Waals surface area contributed by atoms with Crippen molar-refractivity contribution in [3.63, 3.8) is 0 Å². The van der Waals surface area contributed by atoms with Gasteiger partial charge in [0.25, 0.3) is 0 Å². The number of amides is 1. The van der Waals surface area contributed by atoms with Crippen LogP contribution in [0.4, 0.5) is 0 Å². The van der Waals surface area contributed by atoms with Crippen molar-refractivity contribution >= 4 is 5.91 Å². The number of likely N-dealkylation sites (N-methyl/N-ethyl adjacent to an activating group) is 1. The molecule has 98 valence electrons. The van der Waals surface area contributed by atoms with Crippen molar-refractivity contribution in [1.29, 1.82) is 0 Å². The van der Waals surface area contributed by atoms with E-state index in [-0.39, 0.29) is 12.0 Å². The summed E-state index contributed by atoms with van der Waals surface area (Å²) in [7, 11) is 1.83. The van der Waals surface area contributed by atoms with Crippen molar-refractivity contribution in [2.75, 3.05) is 26.7 Å². The van der Waals surface area contributed by atoms with Crippen LogP contribution in [0.2, 0.25) is 0 Å². The molecule has 1 heterocycles. The van der Waals surface area contributed by atoms with Crippen LogP contribution in [0.25, 0.3) is 0 Å². The Morgan fingerprint density at radius 2 is 2.06 bits per heavy atom. The lowest BCUT2D eigenvalue weighted by Crippen LogP contribution is -2.46. The highest BCUT2D eigenvalue weighted by Crippen LogP contribution is 2.25. The molecule has 0 radical (unpaired) electrons. The quantitative estimate of drug-likeness (QED) is 0.784. The maximum absolute atomic E-state index is 12.1. The van der Waals surface area contributed by atoms with E-state index in [1.807, 2.05) is 7.05 Å². The molecule has 2 fully saturated rings. The van der Waals surface area contributed by atoms with E-state index < -0.39 is 0 Å². The summed E-state index contributed by atoms with van der Waals surface area (Å²) in [5.41, 5.74) is 0. The molecular formula is C13H24N2O2.